The Balaban J connectivity index is 3.27. The molecule has 0 N–H and O–H groups in total. The number of benzene rings is 1. The second-order valence-electron chi connectivity index (χ2n) is 3.83. The van der Waals surface area contributed by atoms with Crippen molar-refractivity contribution >= 4 is 11.6 Å². The number of halogens is 1. The van der Waals surface area contributed by atoms with Crippen LogP contribution in [0.4, 0.5) is 4.39 Å². The van der Waals surface area contributed by atoms with E-state index < -0.39 is 17.7 Å². The Bertz CT molecular complexity index is 446. The fraction of sp³-hybridized carbons (Fsp3) is 0.429. The molecule has 0 aliphatic rings. The van der Waals surface area contributed by atoms with E-state index in [-0.39, 0.29) is 17.1 Å². The first-order chi connectivity index (χ1) is 9.02. The van der Waals surface area contributed by atoms with Gasteiger partial charge in [0.2, 0.25) is 12.0 Å². The number of hydrogen-bond donors (Lipinski definition) is 0. The van der Waals surface area contributed by atoms with Crippen LogP contribution in [0.1, 0.15) is 31.1 Å². The first-order valence-electron chi connectivity index (χ1n) is 6.10. The van der Waals surface area contributed by atoms with E-state index in [0.717, 1.165) is 6.92 Å². The molecule has 0 fully saturated rings. The minimum Gasteiger partial charge on any atom is -0.493 e. The van der Waals surface area contributed by atoms with Gasteiger partial charge in [0.1, 0.15) is 17.1 Å². The molecule has 104 valence electrons. The summed E-state index contributed by atoms with van der Waals surface area (Å²) in [6.45, 7) is 5.19. The third-order valence-corrected chi connectivity index (χ3v) is 2.42. The number of hydrogen-bond acceptors (Lipinski definition) is 4. The lowest BCUT2D eigenvalue weighted by Crippen LogP contribution is -2.24. The molecular weight excluding hydrogens is 251 g/mol. The third kappa shape index (κ3) is 3.53. The van der Waals surface area contributed by atoms with Gasteiger partial charge in [-0.15, -0.1) is 0 Å². The Labute approximate surface area is 111 Å². The molecular formula is C14H17FO4. The maximum atomic E-state index is 13.6. The molecule has 0 bridgehead atoms. The van der Waals surface area contributed by atoms with Crippen molar-refractivity contribution in [2.24, 2.45) is 0 Å². The third-order valence-electron chi connectivity index (χ3n) is 2.42. The van der Waals surface area contributed by atoms with Crippen molar-refractivity contribution in [2.45, 2.75) is 26.9 Å². The van der Waals surface area contributed by atoms with Crippen LogP contribution in [-0.4, -0.2) is 31.0 Å². The summed E-state index contributed by atoms with van der Waals surface area (Å²) in [7, 11) is 0. The van der Waals surface area contributed by atoms with Gasteiger partial charge in [-0.2, -0.15) is 0 Å². The number of rotatable bonds is 7. The zero-order valence-corrected chi connectivity index (χ0v) is 11.2. The molecule has 0 saturated carbocycles. The lowest BCUT2D eigenvalue weighted by atomic mass is 10.0. The maximum absolute atomic E-state index is 13.6. The van der Waals surface area contributed by atoms with Gasteiger partial charge in [-0.1, -0.05) is 6.07 Å². The molecule has 1 aromatic rings. The Morgan fingerprint density at radius 2 is 1.63 bits per heavy atom. The van der Waals surface area contributed by atoms with Crippen LogP contribution in [0.5, 0.6) is 11.5 Å². The molecule has 1 unspecified atom stereocenters. The summed E-state index contributed by atoms with van der Waals surface area (Å²) < 4.78 is 24.2. The second-order valence-corrected chi connectivity index (χ2v) is 3.83. The van der Waals surface area contributed by atoms with Gasteiger partial charge in [-0.3, -0.25) is 9.59 Å². The quantitative estimate of drug-likeness (QED) is 0.563. The highest BCUT2D eigenvalue weighted by Crippen LogP contribution is 2.30. The highest BCUT2D eigenvalue weighted by molar-refractivity contribution is 6.15. The fourth-order valence-corrected chi connectivity index (χ4v) is 1.62. The molecule has 1 aromatic carbocycles. The van der Waals surface area contributed by atoms with Crippen molar-refractivity contribution < 1.29 is 23.5 Å². The van der Waals surface area contributed by atoms with E-state index >= 15 is 0 Å². The van der Waals surface area contributed by atoms with Gasteiger partial charge in [0.25, 0.3) is 0 Å². The number of carbonyl (C=O) groups excluding carboxylic acids is 2. The summed E-state index contributed by atoms with van der Waals surface area (Å²) in [6.07, 6.45) is -2.19. The molecule has 0 heterocycles. The van der Waals surface area contributed by atoms with Crippen molar-refractivity contribution in [3.63, 3.8) is 0 Å². The molecule has 19 heavy (non-hydrogen) atoms. The summed E-state index contributed by atoms with van der Waals surface area (Å²) in [5, 5.41) is 0. The summed E-state index contributed by atoms with van der Waals surface area (Å²) in [4.78, 5) is 23.0. The first-order valence-corrected chi connectivity index (χ1v) is 6.10. The molecule has 5 heteroatoms. The zero-order chi connectivity index (χ0) is 14.4. The minimum absolute atomic E-state index is 0.0195. The van der Waals surface area contributed by atoms with Gasteiger partial charge in [-0.05, 0) is 32.9 Å². The molecule has 0 amide bonds. The smallest absolute Gasteiger partial charge is 0.220 e. The van der Waals surface area contributed by atoms with E-state index in [9.17, 15) is 14.0 Å². The van der Waals surface area contributed by atoms with E-state index in [2.05, 4.69) is 0 Å². The van der Waals surface area contributed by atoms with Crippen molar-refractivity contribution in [3.05, 3.63) is 23.8 Å². The number of ether oxygens (including phenoxy) is 2. The Hall–Kier alpha value is -1.91. The lowest BCUT2D eigenvalue weighted by molar-refractivity contribution is -0.120. The normalized spacial score (nSPS) is 11.8. The Morgan fingerprint density at radius 1 is 1.16 bits per heavy atom. The average molecular weight is 268 g/mol. The van der Waals surface area contributed by atoms with Crippen LogP contribution in [0.25, 0.3) is 0 Å². The van der Waals surface area contributed by atoms with Gasteiger partial charge in [0.05, 0.1) is 13.2 Å². The van der Waals surface area contributed by atoms with E-state index in [0.29, 0.717) is 13.2 Å². The molecule has 0 radical (unpaired) electrons. The van der Waals surface area contributed by atoms with Crippen LogP contribution in [0.2, 0.25) is 0 Å². The van der Waals surface area contributed by atoms with Crippen LogP contribution in [-0.2, 0) is 4.79 Å². The topological polar surface area (TPSA) is 52.6 Å². The largest absolute Gasteiger partial charge is 0.493 e. The van der Waals surface area contributed by atoms with Crippen LogP contribution in [0.15, 0.2) is 18.2 Å². The van der Waals surface area contributed by atoms with Gasteiger partial charge < -0.3 is 9.47 Å². The average Bonchev–Trinajstić information content (AvgIpc) is 2.38. The summed E-state index contributed by atoms with van der Waals surface area (Å²) in [5.41, 5.74) is -0.0195. The highest BCUT2D eigenvalue weighted by Gasteiger charge is 2.29. The number of alkyl halides is 1. The van der Waals surface area contributed by atoms with Gasteiger partial charge in [0.15, 0.2) is 5.78 Å². The first kappa shape index (κ1) is 15.1. The van der Waals surface area contributed by atoms with E-state index in [1.165, 1.54) is 0 Å². The number of carbonyl (C=O) groups is 2. The molecule has 0 spiro atoms. The predicted octanol–water partition coefficient (Wildman–Crippen LogP) is 2.59. The maximum Gasteiger partial charge on any atom is 0.220 e. The number of ketones is 2. The van der Waals surface area contributed by atoms with Crippen molar-refractivity contribution in [2.75, 3.05) is 13.2 Å². The monoisotopic (exact) mass is 268 g/mol. The van der Waals surface area contributed by atoms with Crippen molar-refractivity contribution in [3.8, 4) is 11.5 Å². The van der Waals surface area contributed by atoms with E-state index in [1.807, 2.05) is 0 Å². The van der Waals surface area contributed by atoms with Crippen LogP contribution < -0.4 is 9.47 Å². The van der Waals surface area contributed by atoms with E-state index in [4.69, 9.17) is 9.47 Å². The Kier molecular flexibility index (Phi) is 5.48. The molecule has 0 aromatic heterocycles. The zero-order valence-electron chi connectivity index (χ0n) is 11.2. The molecule has 0 aliphatic heterocycles. The highest BCUT2D eigenvalue weighted by atomic mass is 19.1. The Morgan fingerprint density at radius 3 is 2.00 bits per heavy atom. The minimum atomic E-state index is -2.19. The molecule has 4 nitrogen and oxygen atoms in total. The van der Waals surface area contributed by atoms with Crippen LogP contribution in [0, 0.1) is 0 Å². The van der Waals surface area contributed by atoms with E-state index in [1.54, 1.807) is 32.0 Å². The van der Waals surface area contributed by atoms with Crippen molar-refractivity contribution in [1.82, 2.24) is 0 Å². The van der Waals surface area contributed by atoms with Gasteiger partial charge in [-0.25, -0.2) is 4.39 Å². The van der Waals surface area contributed by atoms with Crippen LogP contribution in [0.3, 0.4) is 0 Å². The standard InChI is InChI=1S/C14H17FO4/c1-4-18-10-7-6-8-11(19-5-2)12(10)14(17)13(15)9(3)16/h6-8,13H,4-5H2,1-3H3. The van der Waals surface area contributed by atoms with Gasteiger partial charge >= 0.3 is 0 Å². The predicted molar refractivity (Wildman–Crippen MR) is 68.7 cm³/mol. The van der Waals surface area contributed by atoms with Crippen molar-refractivity contribution in [1.29, 1.82) is 0 Å². The molecule has 0 aliphatic carbocycles. The molecule has 0 saturated heterocycles. The second kappa shape index (κ2) is 6.87. The lowest BCUT2D eigenvalue weighted by Gasteiger charge is -2.15. The van der Waals surface area contributed by atoms with Crippen LogP contribution >= 0.6 is 0 Å². The molecule has 1 rings (SSSR count). The summed E-state index contributed by atoms with van der Waals surface area (Å²) in [6, 6.07) is 4.74. The summed E-state index contributed by atoms with van der Waals surface area (Å²) in [5.74, 6) is -1.32. The van der Waals surface area contributed by atoms with Gasteiger partial charge in [0, 0.05) is 0 Å². The summed E-state index contributed by atoms with van der Waals surface area (Å²) >= 11 is 0. The molecule has 1 atom stereocenters. The number of Topliss-reactive ketones (excluding diaryl/α,β-unsaturated/α-hetero) is 2. The fourth-order valence-electron chi connectivity index (χ4n) is 1.62. The SMILES string of the molecule is CCOc1cccc(OCC)c1C(=O)C(F)C(C)=O.